The van der Waals surface area contributed by atoms with Gasteiger partial charge in [-0.1, -0.05) is 54.6 Å². The van der Waals surface area contributed by atoms with E-state index in [0.717, 1.165) is 16.9 Å². The third-order valence-electron chi connectivity index (χ3n) is 3.84. The van der Waals surface area contributed by atoms with E-state index in [2.05, 4.69) is 67.2 Å². The first-order valence-corrected chi connectivity index (χ1v) is 8.15. The third kappa shape index (κ3) is 2.22. The number of rotatable bonds is 3. The van der Waals surface area contributed by atoms with Crippen LogP contribution in [-0.2, 0) is 6.42 Å². The fourth-order valence-electron chi connectivity index (χ4n) is 2.78. The van der Waals surface area contributed by atoms with Gasteiger partial charge >= 0.3 is 0 Å². The lowest BCUT2D eigenvalue weighted by atomic mass is 10.1. The van der Waals surface area contributed by atoms with E-state index in [9.17, 15) is 0 Å². The Morgan fingerprint density at radius 2 is 1.91 bits per heavy atom. The number of thiazole rings is 1. The molecule has 106 valence electrons. The standard InChI is InChI=1S/C20H15NS/c1-2-6-14-7-5-9-16(13-14)20-21-19-17-10-4-3-8-15(17)11-12-18(19)22-20/h2-5,7-13H,1,6H2. The summed E-state index contributed by atoms with van der Waals surface area (Å²) in [5.74, 6) is 0. The van der Waals surface area contributed by atoms with E-state index in [0.29, 0.717) is 0 Å². The molecule has 0 saturated carbocycles. The van der Waals surface area contributed by atoms with Crippen molar-refractivity contribution in [3.63, 3.8) is 0 Å². The average Bonchev–Trinajstić information content (AvgIpc) is 3.00. The van der Waals surface area contributed by atoms with E-state index < -0.39 is 0 Å². The molecule has 0 unspecified atom stereocenters. The van der Waals surface area contributed by atoms with E-state index in [-0.39, 0.29) is 0 Å². The number of hydrogen-bond donors (Lipinski definition) is 0. The Balaban J connectivity index is 1.91. The summed E-state index contributed by atoms with van der Waals surface area (Å²) in [5.41, 5.74) is 3.56. The molecular weight excluding hydrogens is 286 g/mol. The van der Waals surface area contributed by atoms with Crippen molar-refractivity contribution < 1.29 is 0 Å². The lowest BCUT2D eigenvalue weighted by molar-refractivity contribution is 1.28. The smallest absolute Gasteiger partial charge is 0.124 e. The van der Waals surface area contributed by atoms with Gasteiger partial charge in [-0.25, -0.2) is 4.98 Å². The Morgan fingerprint density at radius 3 is 2.82 bits per heavy atom. The highest BCUT2D eigenvalue weighted by Crippen LogP contribution is 2.34. The SMILES string of the molecule is C=CCc1cccc(-c2nc3c(ccc4ccccc43)s2)c1. The zero-order valence-electron chi connectivity index (χ0n) is 12.1. The van der Waals surface area contributed by atoms with Crippen LogP contribution in [0.25, 0.3) is 31.6 Å². The van der Waals surface area contributed by atoms with Crippen LogP contribution >= 0.6 is 11.3 Å². The molecule has 3 aromatic carbocycles. The number of fused-ring (bicyclic) bond motifs is 3. The van der Waals surface area contributed by atoms with Crippen LogP contribution in [0.5, 0.6) is 0 Å². The highest BCUT2D eigenvalue weighted by molar-refractivity contribution is 7.21. The minimum atomic E-state index is 0.891. The molecule has 0 radical (unpaired) electrons. The van der Waals surface area contributed by atoms with Gasteiger partial charge < -0.3 is 0 Å². The van der Waals surface area contributed by atoms with Crippen LogP contribution in [0.3, 0.4) is 0 Å². The molecule has 0 aliphatic carbocycles. The fraction of sp³-hybridized carbons (Fsp3) is 0.0500. The Labute approximate surface area is 133 Å². The average molecular weight is 301 g/mol. The largest absolute Gasteiger partial charge is 0.235 e. The Morgan fingerprint density at radius 1 is 1.00 bits per heavy atom. The molecule has 1 heterocycles. The summed E-state index contributed by atoms with van der Waals surface area (Å²) < 4.78 is 1.24. The first-order valence-electron chi connectivity index (χ1n) is 7.33. The Hall–Kier alpha value is -2.45. The van der Waals surface area contributed by atoms with Crippen molar-refractivity contribution >= 4 is 32.3 Å². The van der Waals surface area contributed by atoms with E-state index in [4.69, 9.17) is 4.98 Å². The monoisotopic (exact) mass is 301 g/mol. The highest BCUT2D eigenvalue weighted by atomic mass is 32.1. The van der Waals surface area contributed by atoms with Crippen molar-refractivity contribution in [3.05, 3.63) is 78.9 Å². The second kappa shape index (κ2) is 5.39. The molecule has 1 nitrogen and oxygen atoms in total. The van der Waals surface area contributed by atoms with Gasteiger partial charge in [-0.3, -0.25) is 0 Å². The predicted molar refractivity (Wildman–Crippen MR) is 96.5 cm³/mol. The van der Waals surface area contributed by atoms with E-state index in [1.165, 1.54) is 26.6 Å². The molecule has 0 spiro atoms. The summed E-state index contributed by atoms with van der Waals surface area (Å²) in [6.45, 7) is 3.81. The minimum Gasteiger partial charge on any atom is -0.235 e. The highest BCUT2D eigenvalue weighted by Gasteiger charge is 2.09. The maximum absolute atomic E-state index is 4.91. The van der Waals surface area contributed by atoms with Crippen molar-refractivity contribution in [3.8, 4) is 10.6 Å². The first-order chi connectivity index (χ1) is 10.8. The maximum atomic E-state index is 4.91. The van der Waals surface area contributed by atoms with Crippen molar-refractivity contribution in [1.82, 2.24) is 4.98 Å². The van der Waals surface area contributed by atoms with Gasteiger partial charge in [-0.05, 0) is 29.5 Å². The molecule has 0 aliphatic rings. The van der Waals surface area contributed by atoms with Gasteiger partial charge in [0.15, 0.2) is 0 Å². The number of benzene rings is 3. The summed E-state index contributed by atoms with van der Waals surface area (Å²) in [5, 5.41) is 3.55. The number of nitrogens with zero attached hydrogens (tertiary/aromatic N) is 1. The van der Waals surface area contributed by atoms with Crippen LogP contribution in [0.15, 0.2) is 73.3 Å². The number of hydrogen-bond acceptors (Lipinski definition) is 2. The molecular formula is C20H15NS. The van der Waals surface area contributed by atoms with Gasteiger partial charge in [0.05, 0.1) is 10.2 Å². The first kappa shape index (κ1) is 13.2. The molecule has 0 fully saturated rings. The van der Waals surface area contributed by atoms with Crippen molar-refractivity contribution in [2.75, 3.05) is 0 Å². The van der Waals surface area contributed by atoms with Crippen LogP contribution < -0.4 is 0 Å². The molecule has 0 saturated heterocycles. The Bertz CT molecular complexity index is 981. The molecule has 0 amide bonds. The number of allylic oxidation sites excluding steroid dienone is 1. The summed E-state index contributed by atoms with van der Waals surface area (Å²) >= 11 is 1.76. The zero-order chi connectivity index (χ0) is 14.9. The van der Waals surface area contributed by atoms with Gasteiger partial charge in [0.25, 0.3) is 0 Å². The lowest BCUT2D eigenvalue weighted by Gasteiger charge is -2.00. The van der Waals surface area contributed by atoms with Crippen LogP contribution in [0.1, 0.15) is 5.56 Å². The van der Waals surface area contributed by atoms with E-state index >= 15 is 0 Å². The lowest BCUT2D eigenvalue weighted by Crippen LogP contribution is -1.82. The van der Waals surface area contributed by atoms with Gasteiger partial charge in [-0.2, -0.15) is 0 Å². The third-order valence-corrected chi connectivity index (χ3v) is 4.91. The molecule has 0 atom stereocenters. The summed E-state index contributed by atoms with van der Waals surface area (Å²) in [4.78, 5) is 4.91. The minimum absolute atomic E-state index is 0.891. The van der Waals surface area contributed by atoms with Gasteiger partial charge in [0, 0.05) is 10.9 Å². The predicted octanol–water partition coefficient (Wildman–Crippen LogP) is 5.85. The summed E-state index contributed by atoms with van der Waals surface area (Å²) in [7, 11) is 0. The molecule has 0 bridgehead atoms. The fourth-order valence-corrected chi connectivity index (χ4v) is 3.76. The summed E-state index contributed by atoms with van der Waals surface area (Å²) in [6, 6.07) is 21.3. The van der Waals surface area contributed by atoms with Crippen LogP contribution in [0.4, 0.5) is 0 Å². The van der Waals surface area contributed by atoms with Crippen molar-refractivity contribution in [1.29, 1.82) is 0 Å². The van der Waals surface area contributed by atoms with Crippen molar-refractivity contribution in [2.45, 2.75) is 6.42 Å². The quantitative estimate of drug-likeness (QED) is 0.433. The topological polar surface area (TPSA) is 12.9 Å². The molecule has 0 aliphatic heterocycles. The Kier molecular flexibility index (Phi) is 3.24. The van der Waals surface area contributed by atoms with Crippen LogP contribution in [0, 0.1) is 0 Å². The zero-order valence-corrected chi connectivity index (χ0v) is 12.9. The molecule has 1 aromatic heterocycles. The van der Waals surface area contributed by atoms with E-state index in [1.54, 1.807) is 11.3 Å². The van der Waals surface area contributed by atoms with Crippen LogP contribution in [0.2, 0.25) is 0 Å². The molecule has 22 heavy (non-hydrogen) atoms. The number of aromatic nitrogens is 1. The van der Waals surface area contributed by atoms with Crippen LogP contribution in [-0.4, -0.2) is 4.98 Å². The van der Waals surface area contributed by atoms with E-state index in [1.807, 2.05) is 6.08 Å². The van der Waals surface area contributed by atoms with Crippen molar-refractivity contribution in [2.24, 2.45) is 0 Å². The van der Waals surface area contributed by atoms with Gasteiger partial charge in [-0.15, -0.1) is 17.9 Å². The second-order valence-electron chi connectivity index (χ2n) is 5.35. The normalized spacial score (nSPS) is 11.1. The molecule has 0 N–H and O–H groups in total. The molecule has 2 heteroatoms. The second-order valence-corrected chi connectivity index (χ2v) is 6.38. The molecule has 4 rings (SSSR count). The molecule has 4 aromatic rings. The van der Waals surface area contributed by atoms with Gasteiger partial charge in [0.1, 0.15) is 5.01 Å². The summed E-state index contributed by atoms with van der Waals surface area (Å²) in [6.07, 6.45) is 2.83. The van der Waals surface area contributed by atoms with Gasteiger partial charge in [0.2, 0.25) is 0 Å². The maximum Gasteiger partial charge on any atom is 0.124 e.